The van der Waals surface area contributed by atoms with E-state index in [1.807, 2.05) is 12.3 Å². The van der Waals surface area contributed by atoms with Crippen LogP contribution < -0.4 is 10.6 Å². The Morgan fingerprint density at radius 3 is 2.93 bits per heavy atom. The van der Waals surface area contributed by atoms with E-state index in [0.29, 0.717) is 6.54 Å². The lowest BCUT2D eigenvalue weighted by molar-refractivity contribution is 0.806. The van der Waals surface area contributed by atoms with Crippen molar-refractivity contribution in [1.82, 2.24) is 4.98 Å². The van der Waals surface area contributed by atoms with Crippen molar-refractivity contribution in [3.63, 3.8) is 0 Å². The summed E-state index contributed by atoms with van der Waals surface area (Å²) in [5.41, 5.74) is 6.77. The Morgan fingerprint density at radius 1 is 1.57 bits per heavy atom. The van der Waals surface area contributed by atoms with Gasteiger partial charge in [0.25, 0.3) is 0 Å². The van der Waals surface area contributed by atoms with E-state index in [0.717, 1.165) is 24.0 Å². The molecule has 1 aliphatic carbocycles. The van der Waals surface area contributed by atoms with Crippen LogP contribution in [-0.2, 0) is 6.54 Å². The van der Waals surface area contributed by atoms with Gasteiger partial charge in [0.15, 0.2) is 0 Å². The molecule has 0 spiro atoms. The zero-order valence-electron chi connectivity index (χ0n) is 8.61. The standard InChI is InChI=1S/C11H17N3/c1-2-14(10-3-4-10)11-7-9(8-12)5-6-13-11/h5-7,10H,2-4,8,12H2,1H3. The number of rotatable bonds is 4. The minimum Gasteiger partial charge on any atom is -0.354 e. The van der Waals surface area contributed by atoms with Gasteiger partial charge in [-0.15, -0.1) is 0 Å². The number of hydrogen-bond donors (Lipinski definition) is 1. The van der Waals surface area contributed by atoms with Crippen molar-refractivity contribution in [2.24, 2.45) is 5.73 Å². The molecule has 1 aromatic rings. The molecule has 0 amide bonds. The zero-order valence-corrected chi connectivity index (χ0v) is 8.61. The van der Waals surface area contributed by atoms with Crippen LogP contribution in [0.3, 0.4) is 0 Å². The first-order valence-corrected chi connectivity index (χ1v) is 5.26. The minimum absolute atomic E-state index is 0.595. The maximum absolute atomic E-state index is 5.61. The minimum atomic E-state index is 0.595. The maximum Gasteiger partial charge on any atom is 0.129 e. The van der Waals surface area contributed by atoms with Crippen LogP contribution in [0.25, 0.3) is 0 Å². The van der Waals surface area contributed by atoms with Crippen molar-refractivity contribution < 1.29 is 0 Å². The van der Waals surface area contributed by atoms with Gasteiger partial charge in [-0.25, -0.2) is 4.98 Å². The van der Waals surface area contributed by atoms with Crippen molar-refractivity contribution in [3.05, 3.63) is 23.9 Å². The van der Waals surface area contributed by atoms with Gasteiger partial charge < -0.3 is 10.6 Å². The van der Waals surface area contributed by atoms with Crippen LogP contribution >= 0.6 is 0 Å². The molecule has 76 valence electrons. The van der Waals surface area contributed by atoms with Crippen molar-refractivity contribution in [2.45, 2.75) is 32.4 Å². The van der Waals surface area contributed by atoms with Gasteiger partial charge in [0.05, 0.1) is 0 Å². The molecule has 0 aromatic carbocycles. The van der Waals surface area contributed by atoms with Crippen LogP contribution in [0.4, 0.5) is 5.82 Å². The Hall–Kier alpha value is -1.09. The SMILES string of the molecule is CCN(c1cc(CN)ccn1)C1CC1. The van der Waals surface area contributed by atoms with Crippen LogP contribution in [0.5, 0.6) is 0 Å². The van der Waals surface area contributed by atoms with Gasteiger partial charge in [0, 0.05) is 25.3 Å². The smallest absolute Gasteiger partial charge is 0.129 e. The lowest BCUT2D eigenvalue weighted by Gasteiger charge is -2.21. The summed E-state index contributed by atoms with van der Waals surface area (Å²) in [6, 6.07) is 4.80. The fourth-order valence-corrected chi connectivity index (χ4v) is 1.74. The van der Waals surface area contributed by atoms with E-state index >= 15 is 0 Å². The summed E-state index contributed by atoms with van der Waals surface area (Å²) in [4.78, 5) is 6.75. The summed E-state index contributed by atoms with van der Waals surface area (Å²) < 4.78 is 0. The van der Waals surface area contributed by atoms with Gasteiger partial charge in [-0.1, -0.05) is 0 Å². The number of nitrogens with two attached hydrogens (primary N) is 1. The molecule has 2 N–H and O–H groups in total. The topological polar surface area (TPSA) is 42.1 Å². The fraction of sp³-hybridized carbons (Fsp3) is 0.545. The van der Waals surface area contributed by atoms with E-state index in [1.54, 1.807) is 0 Å². The average Bonchev–Trinajstić information content (AvgIpc) is 3.04. The second-order valence-electron chi connectivity index (χ2n) is 3.74. The molecule has 0 saturated heterocycles. The van der Waals surface area contributed by atoms with Crippen molar-refractivity contribution in [3.8, 4) is 0 Å². The molecule has 14 heavy (non-hydrogen) atoms. The third kappa shape index (κ3) is 1.87. The second-order valence-corrected chi connectivity index (χ2v) is 3.74. The Morgan fingerprint density at radius 2 is 2.36 bits per heavy atom. The van der Waals surface area contributed by atoms with Crippen molar-refractivity contribution >= 4 is 5.82 Å². The summed E-state index contributed by atoms with van der Waals surface area (Å²) in [7, 11) is 0. The third-order valence-electron chi connectivity index (χ3n) is 2.67. The Kier molecular flexibility index (Phi) is 2.68. The van der Waals surface area contributed by atoms with Crippen molar-refractivity contribution in [2.75, 3.05) is 11.4 Å². The van der Waals surface area contributed by atoms with E-state index in [2.05, 4.69) is 22.9 Å². The van der Waals surface area contributed by atoms with Gasteiger partial charge in [-0.2, -0.15) is 0 Å². The third-order valence-corrected chi connectivity index (χ3v) is 2.67. The number of hydrogen-bond acceptors (Lipinski definition) is 3. The Balaban J connectivity index is 2.20. The summed E-state index contributed by atoms with van der Waals surface area (Å²) in [6.45, 7) is 3.80. The number of nitrogens with zero attached hydrogens (tertiary/aromatic N) is 2. The van der Waals surface area contributed by atoms with Gasteiger partial charge in [-0.05, 0) is 37.5 Å². The fourth-order valence-electron chi connectivity index (χ4n) is 1.74. The molecule has 0 atom stereocenters. The lowest BCUT2D eigenvalue weighted by atomic mass is 10.2. The monoisotopic (exact) mass is 191 g/mol. The van der Waals surface area contributed by atoms with Gasteiger partial charge in [0.1, 0.15) is 5.82 Å². The predicted molar refractivity (Wildman–Crippen MR) is 58.2 cm³/mol. The summed E-state index contributed by atoms with van der Waals surface area (Å²) in [5, 5.41) is 0. The molecule has 1 fully saturated rings. The van der Waals surface area contributed by atoms with Gasteiger partial charge in [-0.3, -0.25) is 0 Å². The van der Waals surface area contributed by atoms with E-state index in [-0.39, 0.29) is 0 Å². The molecular formula is C11H17N3. The number of pyridine rings is 1. The highest BCUT2D eigenvalue weighted by Crippen LogP contribution is 2.30. The zero-order chi connectivity index (χ0) is 9.97. The molecule has 0 aliphatic heterocycles. The maximum atomic E-state index is 5.61. The molecule has 0 unspecified atom stereocenters. The van der Waals surface area contributed by atoms with Gasteiger partial charge in [0.2, 0.25) is 0 Å². The highest BCUT2D eigenvalue weighted by atomic mass is 15.2. The Labute approximate surface area is 84.9 Å². The molecule has 1 saturated carbocycles. The second kappa shape index (κ2) is 3.96. The van der Waals surface area contributed by atoms with Crippen LogP contribution in [0.15, 0.2) is 18.3 Å². The molecule has 0 bridgehead atoms. The summed E-state index contributed by atoms with van der Waals surface area (Å²) in [6.07, 6.45) is 4.47. The molecule has 1 aromatic heterocycles. The van der Waals surface area contributed by atoms with E-state index in [4.69, 9.17) is 5.73 Å². The van der Waals surface area contributed by atoms with Gasteiger partial charge >= 0.3 is 0 Å². The number of aromatic nitrogens is 1. The quantitative estimate of drug-likeness (QED) is 0.784. The normalized spacial score (nSPS) is 15.6. The summed E-state index contributed by atoms with van der Waals surface area (Å²) in [5.74, 6) is 1.08. The predicted octanol–water partition coefficient (Wildman–Crippen LogP) is 1.53. The molecule has 0 radical (unpaired) electrons. The van der Waals surface area contributed by atoms with Crippen LogP contribution in [-0.4, -0.2) is 17.6 Å². The lowest BCUT2D eigenvalue weighted by Crippen LogP contribution is -2.26. The molecule has 2 rings (SSSR count). The molecule has 1 aliphatic rings. The Bertz CT molecular complexity index is 307. The van der Waals surface area contributed by atoms with Crippen LogP contribution in [0, 0.1) is 0 Å². The van der Waals surface area contributed by atoms with Crippen molar-refractivity contribution in [1.29, 1.82) is 0 Å². The molecule has 1 heterocycles. The highest BCUT2D eigenvalue weighted by molar-refractivity contribution is 5.43. The molecule has 3 nitrogen and oxygen atoms in total. The number of anilines is 1. The first kappa shape index (κ1) is 9.46. The largest absolute Gasteiger partial charge is 0.354 e. The molecule has 3 heteroatoms. The average molecular weight is 191 g/mol. The van der Waals surface area contributed by atoms with E-state index in [9.17, 15) is 0 Å². The summed E-state index contributed by atoms with van der Waals surface area (Å²) >= 11 is 0. The molecular weight excluding hydrogens is 174 g/mol. The highest BCUT2D eigenvalue weighted by Gasteiger charge is 2.28. The van der Waals surface area contributed by atoms with E-state index in [1.165, 1.54) is 12.8 Å². The first-order chi connectivity index (χ1) is 6.85. The van der Waals surface area contributed by atoms with Crippen LogP contribution in [0.2, 0.25) is 0 Å². The van der Waals surface area contributed by atoms with Crippen LogP contribution in [0.1, 0.15) is 25.3 Å². The first-order valence-electron chi connectivity index (χ1n) is 5.26. The van der Waals surface area contributed by atoms with E-state index < -0.39 is 0 Å².